The Hall–Kier alpha value is -3.22. The predicted octanol–water partition coefficient (Wildman–Crippen LogP) is 1.25. The second kappa shape index (κ2) is 9.04. The lowest BCUT2D eigenvalue weighted by atomic mass is 10.2. The molecule has 1 heterocycles. The molecule has 2 N–H and O–H groups in total. The Labute approximate surface area is 139 Å². The molecule has 0 atom stereocenters. The van der Waals surface area contributed by atoms with Crippen LogP contribution in [0.25, 0.3) is 0 Å². The fourth-order valence-electron chi connectivity index (χ4n) is 1.85. The first-order chi connectivity index (χ1) is 11.7. The first-order valence-corrected chi connectivity index (χ1v) is 7.42. The van der Waals surface area contributed by atoms with Gasteiger partial charge in [0.2, 0.25) is 0 Å². The van der Waals surface area contributed by atoms with Gasteiger partial charge in [-0.1, -0.05) is 18.2 Å². The molecule has 1 aromatic heterocycles. The van der Waals surface area contributed by atoms with Crippen LogP contribution in [0.4, 0.5) is 0 Å². The highest BCUT2D eigenvalue weighted by atomic mass is 16.5. The van der Waals surface area contributed by atoms with Crippen molar-refractivity contribution in [1.29, 1.82) is 0 Å². The summed E-state index contributed by atoms with van der Waals surface area (Å²) in [5.41, 5.74) is 3.69. The molecule has 0 saturated carbocycles. The molecule has 0 spiro atoms. The average molecular weight is 326 g/mol. The van der Waals surface area contributed by atoms with E-state index in [0.29, 0.717) is 17.9 Å². The number of hydrazone groups is 1. The molecule has 0 aliphatic carbocycles. The topological polar surface area (TPSA) is 92.7 Å². The number of para-hydroxylation sites is 1. The number of nitrogens with one attached hydrogen (secondary N) is 2. The Kier molecular flexibility index (Phi) is 6.46. The zero-order valence-corrected chi connectivity index (χ0v) is 13.2. The van der Waals surface area contributed by atoms with Crippen LogP contribution in [0.3, 0.4) is 0 Å². The van der Waals surface area contributed by atoms with Gasteiger partial charge in [-0.2, -0.15) is 5.10 Å². The molecule has 2 amide bonds. The summed E-state index contributed by atoms with van der Waals surface area (Å²) in [4.78, 5) is 27.3. The van der Waals surface area contributed by atoms with Crippen molar-refractivity contribution in [3.8, 4) is 5.75 Å². The quantitative estimate of drug-likeness (QED) is 0.475. The summed E-state index contributed by atoms with van der Waals surface area (Å²) >= 11 is 0. The summed E-state index contributed by atoms with van der Waals surface area (Å²) in [5, 5.41) is 6.27. The van der Waals surface area contributed by atoms with E-state index in [0.717, 1.165) is 5.56 Å². The summed E-state index contributed by atoms with van der Waals surface area (Å²) in [5.74, 6) is -0.961. The second-order valence-corrected chi connectivity index (χ2v) is 4.71. The molecule has 0 aliphatic heterocycles. The van der Waals surface area contributed by atoms with E-state index in [4.69, 9.17) is 4.74 Å². The fraction of sp³-hybridized carbons (Fsp3) is 0.176. The number of hydrogen-bond acceptors (Lipinski definition) is 5. The van der Waals surface area contributed by atoms with Crippen LogP contribution in [0.1, 0.15) is 18.1 Å². The molecule has 0 saturated heterocycles. The Balaban J connectivity index is 1.85. The number of hydrogen-bond donors (Lipinski definition) is 2. The molecule has 0 bridgehead atoms. The summed E-state index contributed by atoms with van der Waals surface area (Å²) in [6.07, 6.45) is 4.67. The summed E-state index contributed by atoms with van der Waals surface area (Å²) in [6, 6.07) is 10.8. The molecule has 0 unspecified atom stereocenters. The number of ether oxygens (including phenoxy) is 1. The minimum atomic E-state index is -0.843. The number of carbonyl (C=O) groups excluding carboxylic acids is 2. The van der Waals surface area contributed by atoms with Gasteiger partial charge in [-0.15, -0.1) is 0 Å². The molecule has 24 heavy (non-hydrogen) atoms. The Morgan fingerprint density at radius 2 is 2.04 bits per heavy atom. The summed E-state index contributed by atoms with van der Waals surface area (Å²) < 4.78 is 5.44. The van der Waals surface area contributed by atoms with Crippen LogP contribution in [-0.4, -0.2) is 29.6 Å². The standard InChI is InChI=1S/C17H18N4O3/c1-2-24-15-8-4-3-7-14(15)12-20-21-17(23)16(22)19-11-13-6-5-9-18-10-13/h3-10,12H,2,11H2,1H3,(H,19,22)(H,21,23)/b20-12-. The minimum Gasteiger partial charge on any atom is -0.493 e. The monoisotopic (exact) mass is 326 g/mol. The zero-order valence-electron chi connectivity index (χ0n) is 13.2. The van der Waals surface area contributed by atoms with Crippen LogP contribution in [0.2, 0.25) is 0 Å². The third-order valence-corrected chi connectivity index (χ3v) is 2.97. The van der Waals surface area contributed by atoms with Crippen molar-refractivity contribution >= 4 is 18.0 Å². The predicted molar refractivity (Wildman–Crippen MR) is 89.4 cm³/mol. The first kappa shape index (κ1) is 17.1. The van der Waals surface area contributed by atoms with Crippen LogP contribution in [0, 0.1) is 0 Å². The minimum absolute atomic E-state index is 0.219. The lowest BCUT2D eigenvalue weighted by Gasteiger charge is -2.06. The number of amides is 2. The van der Waals surface area contributed by atoms with Crippen LogP contribution >= 0.6 is 0 Å². The van der Waals surface area contributed by atoms with Gasteiger partial charge in [-0.05, 0) is 30.7 Å². The van der Waals surface area contributed by atoms with Gasteiger partial charge >= 0.3 is 11.8 Å². The van der Waals surface area contributed by atoms with Crippen molar-refractivity contribution in [1.82, 2.24) is 15.7 Å². The Morgan fingerprint density at radius 1 is 1.21 bits per heavy atom. The molecule has 0 fully saturated rings. The van der Waals surface area contributed by atoms with E-state index in [1.165, 1.54) is 6.21 Å². The number of benzene rings is 1. The maximum Gasteiger partial charge on any atom is 0.329 e. The molecular weight excluding hydrogens is 308 g/mol. The molecule has 0 radical (unpaired) electrons. The third kappa shape index (κ3) is 5.20. The molecule has 1 aromatic carbocycles. The number of carbonyl (C=O) groups is 2. The van der Waals surface area contributed by atoms with Gasteiger partial charge in [0.15, 0.2) is 0 Å². The van der Waals surface area contributed by atoms with E-state index in [1.807, 2.05) is 19.1 Å². The summed E-state index contributed by atoms with van der Waals surface area (Å²) in [6.45, 7) is 2.62. The van der Waals surface area contributed by atoms with Gasteiger partial charge < -0.3 is 10.1 Å². The van der Waals surface area contributed by atoms with Crippen molar-refractivity contribution in [2.75, 3.05) is 6.61 Å². The van der Waals surface area contributed by atoms with Crippen molar-refractivity contribution in [3.05, 3.63) is 59.9 Å². The Bertz CT molecular complexity index is 717. The molecule has 0 aliphatic rings. The number of nitrogens with zero attached hydrogens (tertiary/aromatic N) is 2. The number of aromatic nitrogens is 1. The maximum absolute atomic E-state index is 11.7. The lowest BCUT2D eigenvalue weighted by molar-refractivity contribution is -0.139. The van der Waals surface area contributed by atoms with Gasteiger partial charge in [0.25, 0.3) is 0 Å². The van der Waals surface area contributed by atoms with Crippen molar-refractivity contribution in [2.45, 2.75) is 13.5 Å². The average Bonchev–Trinajstić information content (AvgIpc) is 2.62. The van der Waals surface area contributed by atoms with Gasteiger partial charge in [0.1, 0.15) is 5.75 Å². The largest absolute Gasteiger partial charge is 0.493 e. The van der Waals surface area contributed by atoms with Crippen molar-refractivity contribution in [2.24, 2.45) is 5.10 Å². The van der Waals surface area contributed by atoms with Gasteiger partial charge in [-0.3, -0.25) is 14.6 Å². The van der Waals surface area contributed by atoms with E-state index in [-0.39, 0.29) is 6.54 Å². The fourth-order valence-corrected chi connectivity index (χ4v) is 1.85. The molecular formula is C17H18N4O3. The van der Waals surface area contributed by atoms with E-state index < -0.39 is 11.8 Å². The lowest BCUT2D eigenvalue weighted by Crippen LogP contribution is -2.37. The highest BCUT2D eigenvalue weighted by Gasteiger charge is 2.11. The van der Waals surface area contributed by atoms with E-state index in [2.05, 4.69) is 20.8 Å². The Morgan fingerprint density at radius 3 is 2.79 bits per heavy atom. The van der Waals surface area contributed by atoms with Crippen molar-refractivity contribution < 1.29 is 14.3 Å². The van der Waals surface area contributed by atoms with Crippen molar-refractivity contribution in [3.63, 3.8) is 0 Å². The van der Waals surface area contributed by atoms with Crippen LogP contribution in [0.5, 0.6) is 5.75 Å². The highest BCUT2D eigenvalue weighted by molar-refractivity contribution is 6.35. The van der Waals surface area contributed by atoms with Crippen LogP contribution in [-0.2, 0) is 16.1 Å². The molecule has 7 heteroatoms. The molecule has 124 valence electrons. The highest BCUT2D eigenvalue weighted by Crippen LogP contribution is 2.15. The molecule has 7 nitrogen and oxygen atoms in total. The molecule has 2 rings (SSSR count). The molecule has 2 aromatic rings. The maximum atomic E-state index is 11.7. The van der Waals surface area contributed by atoms with Gasteiger partial charge in [0, 0.05) is 24.5 Å². The smallest absolute Gasteiger partial charge is 0.329 e. The normalized spacial score (nSPS) is 10.4. The van der Waals surface area contributed by atoms with E-state index >= 15 is 0 Å². The van der Waals surface area contributed by atoms with Gasteiger partial charge in [0.05, 0.1) is 12.8 Å². The number of rotatable bonds is 6. The second-order valence-electron chi connectivity index (χ2n) is 4.71. The number of pyridine rings is 1. The van der Waals surface area contributed by atoms with Crippen LogP contribution in [0.15, 0.2) is 53.9 Å². The summed E-state index contributed by atoms with van der Waals surface area (Å²) in [7, 11) is 0. The van der Waals surface area contributed by atoms with E-state index in [9.17, 15) is 9.59 Å². The SMILES string of the molecule is CCOc1ccccc1/C=N\NC(=O)C(=O)NCc1cccnc1. The third-order valence-electron chi connectivity index (χ3n) is 2.97. The van der Waals surface area contributed by atoms with Gasteiger partial charge in [-0.25, -0.2) is 5.43 Å². The van der Waals surface area contributed by atoms with Crippen LogP contribution < -0.4 is 15.5 Å². The van der Waals surface area contributed by atoms with E-state index in [1.54, 1.807) is 36.7 Å². The first-order valence-electron chi connectivity index (χ1n) is 7.42. The zero-order chi connectivity index (χ0) is 17.2.